The summed E-state index contributed by atoms with van der Waals surface area (Å²) in [6, 6.07) is 3.04. The highest BCUT2D eigenvalue weighted by Gasteiger charge is 2.12. The third-order valence-electron chi connectivity index (χ3n) is 2.09. The first-order valence-corrected chi connectivity index (χ1v) is 7.22. The fourth-order valence-electron chi connectivity index (χ4n) is 1.26. The van der Waals surface area contributed by atoms with E-state index in [-0.39, 0.29) is 20.6 Å². The third-order valence-corrected chi connectivity index (χ3v) is 5.19. The molecule has 2 rings (SSSR count). The SMILES string of the molecule is O=c1c(Br)c(Br)cnn1-c1cc(Cl)c(Cl)c(Cl)c1. The van der Waals surface area contributed by atoms with Crippen LogP contribution in [-0.4, -0.2) is 9.78 Å². The molecule has 0 unspecified atom stereocenters. The summed E-state index contributed by atoms with van der Waals surface area (Å²) in [7, 11) is 0. The Morgan fingerprint density at radius 3 is 2.22 bits per heavy atom. The molecule has 1 heterocycles. The van der Waals surface area contributed by atoms with E-state index in [1.54, 1.807) is 0 Å². The molecule has 94 valence electrons. The highest BCUT2D eigenvalue weighted by atomic mass is 79.9. The van der Waals surface area contributed by atoms with Gasteiger partial charge in [-0.3, -0.25) is 4.79 Å². The van der Waals surface area contributed by atoms with Crippen LogP contribution in [0.15, 0.2) is 32.1 Å². The second-order valence-corrected chi connectivity index (χ2v) is 6.09. The molecule has 0 bridgehead atoms. The van der Waals surface area contributed by atoms with E-state index in [4.69, 9.17) is 34.8 Å². The number of hydrogen-bond donors (Lipinski definition) is 0. The second-order valence-electron chi connectivity index (χ2n) is 3.25. The molecule has 2 aromatic rings. The maximum Gasteiger partial charge on any atom is 0.286 e. The van der Waals surface area contributed by atoms with Crippen LogP contribution in [0.3, 0.4) is 0 Å². The summed E-state index contributed by atoms with van der Waals surface area (Å²) in [5.74, 6) is 0. The van der Waals surface area contributed by atoms with Crippen molar-refractivity contribution in [3.63, 3.8) is 0 Å². The molecule has 0 amide bonds. The van der Waals surface area contributed by atoms with Crippen molar-refractivity contribution in [2.24, 2.45) is 0 Å². The lowest BCUT2D eigenvalue weighted by Crippen LogP contribution is -2.21. The summed E-state index contributed by atoms with van der Waals surface area (Å²) < 4.78 is 2.10. The van der Waals surface area contributed by atoms with Crippen LogP contribution in [0, 0.1) is 0 Å². The van der Waals surface area contributed by atoms with Crippen LogP contribution in [0.4, 0.5) is 0 Å². The number of aromatic nitrogens is 2. The predicted molar refractivity (Wildman–Crippen MR) is 80.3 cm³/mol. The molecule has 3 nitrogen and oxygen atoms in total. The zero-order valence-electron chi connectivity index (χ0n) is 8.42. The summed E-state index contributed by atoms with van der Waals surface area (Å²) in [5.41, 5.74) is 0.103. The highest BCUT2D eigenvalue weighted by Crippen LogP contribution is 2.32. The molecule has 0 atom stereocenters. The van der Waals surface area contributed by atoms with Crippen LogP contribution >= 0.6 is 66.7 Å². The van der Waals surface area contributed by atoms with E-state index in [2.05, 4.69) is 37.0 Å². The molecule has 0 spiro atoms. The van der Waals surface area contributed by atoms with Crippen molar-refractivity contribution >= 4 is 66.7 Å². The number of benzene rings is 1. The lowest BCUT2D eigenvalue weighted by atomic mass is 10.3. The Hall–Kier alpha value is -0.0700. The minimum atomic E-state index is -0.334. The number of hydrogen-bond acceptors (Lipinski definition) is 2. The maximum absolute atomic E-state index is 12.0. The third kappa shape index (κ3) is 2.60. The van der Waals surface area contributed by atoms with Crippen molar-refractivity contribution in [3.8, 4) is 5.69 Å². The largest absolute Gasteiger partial charge is 0.286 e. The first kappa shape index (κ1) is 14.3. The van der Waals surface area contributed by atoms with Gasteiger partial charge in [0.1, 0.15) is 4.47 Å². The monoisotopic (exact) mass is 430 g/mol. The van der Waals surface area contributed by atoms with Gasteiger partial charge in [-0.15, -0.1) is 0 Å². The van der Waals surface area contributed by atoms with Crippen molar-refractivity contribution in [2.75, 3.05) is 0 Å². The van der Waals surface area contributed by atoms with Gasteiger partial charge in [0.25, 0.3) is 5.56 Å². The second kappa shape index (κ2) is 5.51. The zero-order chi connectivity index (χ0) is 13.4. The topological polar surface area (TPSA) is 34.9 Å². The van der Waals surface area contributed by atoms with Crippen LogP contribution in [0.1, 0.15) is 0 Å². The van der Waals surface area contributed by atoms with Gasteiger partial charge in [0.05, 0.1) is 31.4 Å². The van der Waals surface area contributed by atoms with Crippen molar-refractivity contribution in [1.82, 2.24) is 9.78 Å². The summed E-state index contributed by atoms with van der Waals surface area (Å²) in [4.78, 5) is 12.0. The van der Waals surface area contributed by atoms with E-state index < -0.39 is 0 Å². The fraction of sp³-hybridized carbons (Fsp3) is 0. The maximum atomic E-state index is 12.0. The van der Waals surface area contributed by atoms with Crippen LogP contribution in [0.25, 0.3) is 5.69 Å². The standard InChI is InChI=1S/C10H3Br2Cl3N2O/c11-5-3-16-17(10(18)8(5)12)4-1-6(13)9(15)7(14)2-4/h1-3H. The van der Waals surface area contributed by atoms with E-state index in [0.29, 0.717) is 14.6 Å². The molecular weight excluding hydrogens is 430 g/mol. The van der Waals surface area contributed by atoms with Crippen LogP contribution in [0.5, 0.6) is 0 Å². The molecule has 0 saturated carbocycles. The Kier molecular flexibility index (Phi) is 4.39. The Balaban J connectivity index is 2.71. The predicted octanol–water partition coefficient (Wildman–Crippen LogP) is 4.72. The molecular formula is C10H3Br2Cl3N2O. The Bertz CT molecular complexity index is 664. The van der Waals surface area contributed by atoms with Gasteiger partial charge in [-0.25, -0.2) is 0 Å². The van der Waals surface area contributed by atoms with Crippen LogP contribution < -0.4 is 5.56 Å². The summed E-state index contributed by atoms with van der Waals surface area (Å²) in [6.45, 7) is 0. The van der Waals surface area contributed by atoms with Crippen LogP contribution in [-0.2, 0) is 0 Å². The molecule has 0 aliphatic heterocycles. The van der Waals surface area contributed by atoms with Crippen molar-refractivity contribution in [3.05, 3.63) is 52.7 Å². The van der Waals surface area contributed by atoms with Crippen molar-refractivity contribution in [2.45, 2.75) is 0 Å². The zero-order valence-corrected chi connectivity index (χ0v) is 13.9. The van der Waals surface area contributed by atoms with Crippen molar-refractivity contribution in [1.29, 1.82) is 0 Å². The molecule has 18 heavy (non-hydrogen) atoms. The first-order chi connectivity index (χ1) is 8.41. The van der Waals surface area contributed by atoms with E-state index in [1.807, 2.05) is 0 Å². The molecule has 0 radical (unpaired) electrons. The highest BCUT2D eigenvalue weighted by molar-refractivity contribution is 9.13. The Morgan fingerprint density at radius 1 is 1.11 bits per heavy atom. The minimum absolute atomic E-state index is 0.242. The lowest BCUT2D eigenvalue weighted by molar-refractivity contribution is 0.796. The summed E-state index contributed by atoms with van der Waals surface area (Å²) in [5, 5.41) is 4.74. The quantitative estimate of drug-likeness (QED) is 0.611. The summed E-state index contributed by atoms with van der Waals surface area (Å²) in [6.07, 6.45) is 1.49. The van der Waals surface area contributed by atoms with Gasteiger partial charge in [-0.2, -0.15) is 9.78 Å². The molecule has 0 aliphatic rings. The average Bonchev–Trinajstić information content (AvgIpc) is 2.33. The Morgan fingerprint density at radius 2 is 1.67 bits per heavy atom. The molecule has 1 aromatic carbocycles. The molecule has 0 saturated heterocycles. The van der Waals surface area contributed by atoms with Gasteiger partial charge in [-0.1, -0.05) is 34.8 Å². The number of halogens is 5. The molecule has 0 N–H and O–H groups in total. The first-order valence-electron chi connectivity index (χ1n) is 4.50. The van der Waals surface area contributed by atoms with Crippen molar-refractivity contribution < 1.29 is 0 Å². The Labute approximate surface area is 134 Å². The number of rotatable bonds is 1. The average molecular weight is 433 g/mol. The minimum Gasteiger partial charge on any atom is -0.266 e. The fourth-order valence-corrected chi connectivity index (χ4v) is 2.38. The van der Waals surface area contributed by atoms with Gasteiger partial charge < -0.3 is 0 Å². The van der Waals surface area contributed by atoms with Crippen LogP contribution in [0.2, 0.25) is 15.1 Å². The van der Waals surface area contributed by atoms with E-state index in [1.165, 1.54) is 23.0 Å². The van der Waals surface area contributed by atoms with Gasteiger partial charge in [0, 0.05) is 0 Å². The normalized spacial score (nSPS) is 10.7. The van der Waals surface area contributed by atoms with Gasteiger partial charge in [-0.05, 0) is 44.0 Å². The van der Waals surface area contributed by atoms with Gasteiger partial charge >= 0.3 is 0 Å². The molecule has 0 aliphatic carbocycles. The molecule has 1 aromatic heterocycles. The lowest BCUT2D eigenvalue weighted by Gasteiger charge is -2.08. The van der Waals surface area contributed by atoms with Gasteiger partial charge in [0.2, 0.25) is 0 Å². The number of nitrogens with zero attached hydrogens (tertiary/aromatic N) is 2. The van der Waals surface area contributed by atoms with E-state index >= 15 is 0 Å². The van der Waals surface area contributed by atoms with E-state index in [9.17, 15) is 4.79 Å². The van der Waals surface area contributed by atoms with Gasteiger partial charge in [0.15, 0.2) is 0 Å². The molecule has 0 fully saturated rings. The summed E-state index contributed by atoms with van der Waals surface area (Å²) >= 11 is 24.0. The van der Waals surface area contributed by atoms with E-state index in [0.717, 1.165) is 0 Å². The molecule has 8 heteroatoms. The smallest absolute Gasteiger partial charge is 0.266 e.